The molecule has 112 valence electrons. The van der Waals surface area contributed by atoms with E-state index in [2.05, 4.69) is 10.3 Å². The first-order valence-corrected chi connectivity index (χ1v) is 7.47. The fourth-order valence-corrected chi connectivity index (χ4v) is 2.95. The Morgan fingerprint density at radius 1 is 1.38 bits per heavy atom. The second-order valence-corrected chi connectivity index (χ2v) is 6.88. The molecule has 0 saturated carbocycles. The zero-order valence-corrected chi connectivity index (χ0v) is 12.7. The Labute approximate surface area is 123 Å². The first-order valence-electron chi connectivity index (χ1n) is 7.47. The van der Waals surface area contributed by atoms with Crippen molar-refractivity contribution in [1.29, 1.82) is 0 Å². The lowest BCUT2D eigenvalue weighted by molar-refractivity contribution is -0.129. The van der Waals surface area contributed by atoms with E-state index in [1.165, 1.54) is 6.07 Å². The van der Waals surface area contributed by atoms with Crippen molar-refractivity contribution in [2.45, 2.75) is 46.1 Å². The molecule has 1 aromatic carbocycles. The van der Waals surface area contributed by atoms with Gasteiger partial charge in [0.25, 0.3) is 0 Å². The van der Waals surface area contributed by atoms with Crippen molar-refractivity contribution in [3.63, 3.8) is 0 Å². The van der Waals surface area contributed by atoms with E-state index in [4.69, 9.17) is 0 Å². The molecule has 1 aromatic heterocycles. The molecule has 0 saturated heterocycles. The number of fused-ring (bicyclic) bond motifs is 3. The number of nitrogens with one attached hydrogen (secondary N) is 2. The van der Waals surface area contributed by atoms with E-state index in [1.807, 2.05) is 20.8 Å². The summed E-state index contributed by atoms with van der Waals surface area (Å²) in [5, 5.41) is 4.07. The second-order valence-electron chi connectivity index (χ2n) is 6.88. The molecule has 1 amide bonds. The molecule has 0 bridgehead atoms. The minimum Gasteiger partial charge on any atom is -0.356 e. The van der Waals surface area contributed by atoms with Gasteiger partial charge in [-0.05, 0) is 43.0 Å². The molecule has 1 atom stereocenters. The third-order valence-corrected chi connectivity index (χ3v) is 4.16. The van der Waals surface area contributed by atoms with E-state index in [-0.39, 0.29) is 17.8 Å². The SMILES string of the molecule is CC(C)(C)C(=O)NC1CCCc2c1[nH]c1ccc(F)cc21. The van der Waals surface area contributed by atoms with E-state index in [9.17, 15) is 9.18 Å². The number of amides is 1. The van der Waals surface area contributed by atoms with Crippen LogP contribution in [0.3, 0.4) is 0 Å². The predicted octanol–water partition coefficient (Wildman–Crippen LogP) is 3.85. The maximum atomic E-state index is 13.5. The number of H-pyrrole nitrogens is 1. The first kappa shape index (κ1) is 14.1. The lowest BCUT2D eigenvalue weighted by Gasteiger charge is -2.27. The standard InChI is InChI=1S/C17H21FN2O/c1-17(2,3)16(21)20-14-6-4-5-11-12-9-10(18)7-8-13(12)19-15(11)14/h7-9,14,19H,4-6H2,1-3H3,(H,20,21). The van der Waals surface area contributed by atoms with E-state index in [1.54, 1.807) is 12.1 Å². The van der Waals surface area contributed by atoms with Crippen LogP contribution in [0.5, 0.6) is 0 Å². The highest BCUT2D eigenvalue weighted by molar-refractivity contribution is 5.86. The van der Waals surface area contributed by atoms with Gasteiger partial charge in [-0.15, -0.1) is 0 Å². The van der Waals surface area contributed by atoms with Crippen LogP contribution in [-0.2, 0) is 11.2 Å². The van der Waals surface area contributed by atoms with Crippen LogP contribution >= 0.6 is 0 Å². The summed E-state index contributed by atoms with van der Waals surface area (Å²) in [6.07, 6.45) is 2.86. The minimum atomic E-state index is -0.407. The van der Waals surface area contributed by atoms with Crippen molar-refractivity contribution >= 4 is 16.8 Å². The number of aryl methyl sites for hydroxylation is 1. The quantitative estimate of drug-likeness (QED) is 0.822. The molecule has 2 aromatic rings. The highest BCUT2D eigenvalue weighted by Gasteiger charge is 2.29. The van der Waals surface area contributed by atoms with E-state index >= 15 is 0 Å². The highest BCUT2D eigenvalue weighted by Crippen LogP contribution is 2.35. The van der Waals surface area contributed by atoms with Crippen LogP contribution < -0.4 is 5.32 Å². The van der Waals surface area contributed by atoms with Crippen LogP contribution in [-0.4, -0.2) is 10.9 Å². The van der Waals surface area contributed by atoms with Gasteiger partial charge in [0.1, 0.15) is 5.82 Å². The molecule has 0 aliphatic heterocycles. The van der Waals surface area contributed by atoms with Gasteiger partial charge in [0.15, 0.2) is 0 Å². The van der Waals surface area contributed by atoms with Gasteiger partial charge in [-0.3, -0.25) is 4.79 Å². The largest absolute Gasteiger partial charge is 0.356 e. The molecule has 0 fully saturated rings. The third-order valence-electron chi connectivity index (χ3n) is 4.16. The summed E-state index contributed by atoms with van der Waals surface area (Å²) >= 11 is 0. The molecular formula is C17H21FN2O. The second kappa shape index (κ2) is 4.86. The van der Waals surface area contributed by atoms with Crippen LogP contribution in [0.2, 0.25) is 0 Å². The Bertz CT molecular complexity index is 697. The zero-order chi connectivity index (χ0) is 15.2. The maximum absolute atomic E-state index is 13.5. The van der Waals surface area contributed by atoms with Crippen LogP contribution in [0, 0.1) is 11.2 Å². The van der Waals surface area contributed by atoms with Crippen LogP contribution in [0.4, 0.5) is 4.39 Å². The molecule has 21 heavy (non-hydrogen) atoms. The number of halogens is 1. The minimum absolute atomic E-state index is 0.00376. The molecule has 1 unspecified atom stereocenters. The summed E-state index contributed by atoms with van der Waals surface area (Å²) in [6, 6.07) is 4.81. The predicted molar refractivity (Wildman–Crippen MR) is 81.5 cm³/mol. The lowest BCUT2D eigenvalue weighted by atomic mass is 9.89. The molecule has 4 heteroatoms. The molecule has 1 aliphatic rings. The summed E-state index contributed by atoms with van der Waals surface area (Å²) < 4.78 is 13.5. The van der Waals surface area contributed by atoms with Gasteiger partial charge < -0.3 is 10.3 Å². The van der Waals surface area contributed by atoms with Crippen molar-refractivity contribution in [3.8, 4) is 0 Å². The molecule has 3 nitrogen and oxygen atoms in total. The Morgan fingerprint density at radius 3 is 2.86 bits per heavy atom. The van der Waals surface area contributed by atoms with Crippen molar-refractivity contribution in [1.82, 2.24) is 10.3 Å². The Morgan fingerprint density at radius 2 is 2.14 bits per heavy atom. The Kier molecular flexibility index (Phi) is 3.27. The molecule has 1 aliphatic carbocycles. The molecule has 1 heterocycles. The van der Waals surface area contributed by atoms with Gasteiger partial charge in [0.2, 0.25) is 5.91 Å². The number of aromatic nitrogens is 1. The van der Waals surface area contributed by atoms with Crippen molar-refractivity contribution in [2.75, 3.05) is 0 Å². The topological polar surface area (TPSA) is 44.9 Å². The molecule has 2 N–H and O–H groups in total. The van der Waals surface area contributed by atoms with Crippen molar-refractivity contribution in [3.05, 3.63) is 35.3 Å². The van der Waals surface area contributed by atoms with Gasteiger partial charge in [0.05, 0.1) is 6.04 Å². The summed E-state index contributed by atoms with van der Waals surface area (Å²) in [5.41, 5.74) is 2.73. The van der Waals surface area contributed by atoms with Gasteiger partial charge in [-0.25, -0.2) is 4.39 Å². The Hall–Kier alpha value is -1.84. The normalized spacial score (nSPS) is 18.6. The number of benzene rings is 1. The van der Waals surface area contributed by atoms with E-state index < -0.39 is 5.41 Å². The average molecular weight is 288 g/mol. The third kappa shape index (κ3) is 2.55. The number of carbonyl (C=O) groups is 1. The number of hydrogen-bond acceptors (Lipinski definition) is 1. The summed E-state index contributed by atoms with van der Waals surface area (Å²) in [5.74, 6) is -0.171. The van der Waals surface area contributed by atoms with Crippen LogP contribution in [0.1, 0.15) is 50.9 Å². The zero-order valence-electron chi connectivity index (χ0n) is 12.7. The maximum Gasteiger partial charge on any atom is 0.225 e. The number of rotatable bonds is 1. The fraction of sp³-hybridized carbons (Fsp3) is 0.471. The lowest BCUT2D eigenvalue weighted by Crippen LogP contribution is -2.38. The summed E-state index contributed by atoms with van der Waals surface area (Å²) in [4.78, 5) is 15.6. The van der Waals surface area contributed by atoms with Gasteiger partial charge >= 0.3 is 0 Å². The highest BCUT2D eigenvalue weighted by atomic mass is 19.1. The molecule has 0 spiro atoms. The number of aromatic amines is 1. The smallest absolute Gasteiger partial charge is 0.225 e. The van der Waals surface area contributed by atoms with Gasteiger partial charge in [0, 0.05) is 22.0 Å². The monoisotopic (exact) mass is 288 g/mol. The van der Waals surface area contributed by atoms with Gasteiger partial charge in [-0.2, -0.15) is 0 Å². The van der Waals surface area contributed by atoms with Crippen LogP contribution in [0.15, 0.2) is 18.2 Å². The summed E-state index contributed by atoms with van der Waals surface area (Å²) in [6.45, 7) is 5.73. The fourth-order valence-electron chi connectivity index (χ4n) is 2.95. The number of hydrogen-bond donors (Lipinski definition) is 2. The molecular weight excluding hydrogens is 267 g/mol. The average Bonchev–Trinajstić information content (AvgIpc) is 2.77. The van der Waals surface area contributed by atoms with Crippen LogP contribution in [0.25, 0.3) is 10.9 Å². The molecule has 3 rings (SSSR count). The van der Waals surface area contributed by atoms with E-state index in [0.717, 1.165) is 41.4 Å². The van der Waals surface area contributed by atoms with Crippen molar-refractivity contribution in [2.24, 2.45) is 5.41 Å². The first-order chi connectivity index (χ1) is 9.86. The Balaban J connectivity index is 1.98. The van der Waals surface area contributed by atoms with E-state index in [0.29, 0.717) is 0 Å². The van der Waals surface area contributed by atoms with Gasteiger partial charge in [-0.1, -0.05) is 20.8 Å². The number of carbonyl (C=O) groups excluding carboxylic acids is 1. The van der Waals surface area contributed by atoms with Crippen molar-refractivity contribution < 1.29 is 9.18 Å². The molecule has 0 radical (unpaired) electrons. The summed E-state index contributed by atoms with van der Waals surface area (Å²) in [7, 11) is 0.